The van der Waals surface area contributed by atoms with Crippen molar-refractivity contribution in [3.05, 3.63) is 34.6 Å². The summed E-state index contributed by atoms with van der Waals surface area (Å²) in [5.41, 5.74) is -0.149. The van der Waals surface area contributed by atoms with Gasteiger partial charge in [-0.2, -0.15) is 0 Å². The molecule has 4 fully saturated rings. The summed E-state index contributed by atoms with van der Waals surface area (Å²) in [7, 11) is 0. The van der Waals surface area contributed by atoms with E-state index in [4.69, 9.17) is 16.3 Å². The zero-order valence-corrected chi connectivity index (χ0v) is 16.2. The SMILES string of the molecule is C[C@@H](NC(=O)COC(=O)c1c(F)cccc1Cl)C12CC3CC(CC(C3)C1)C2. The van der Waals surface area contributed by atoms with Crippen LogP contribution < -0.4 is 5.32 Å². The number of halogens is 2. The second-order valence-electron chi connectivity index (χ2n) is 8.74. The number of amides is 1. The van der Waals surface area contributed by atoms with Gasteiger partial charge in [0.1, 0.15) is 11.4 Å². The van der Waals surface area contributed by atoms with E-state index in [0.717, 1.165) is 23.8 Å². The molecule has 0 radical (unpaired) electrons. The Morgan fingerprint density at radius 1 is 1.22 bits per heavy atom. The molecular weight excluding hydrogens is 369 g/mol. The quantitative estimate of drug-likeness (QED) is 0.756. The summed E-state index contributed by atoms with van der Waals surface area (Å²) >= 11 is 5.86. The van der Waals surface area contributed by atoms with Gasteiger partial charge in [-0.3, -0.25) is 4.79 Å². The Kier molecular flexibility index (Phi) is 4.91. The van der Waals surface area contributed by atoms with Crippen LogP contribution in [0.15, 0.2) is 18.2 Å². The predicted octanol–water partition coefficient (Wildman–Crippen LogP) is 4.36. The fraction of sp³-hybridized carbons (Fsp3) is 0.619. The van der Waals surface area contributed by atoms with Crippen molar-refractivity contribution in [2.75, 3.05) is 6.61 Å². The van der Waals surface area contributed by atoms with E-state index < -0.39 is 18.4 Å². The lowest BCUT2D eigenvalue weighted by Crippen LogP contribution is -2.56. The third-order valence-corrected chi connectivity index (χ3v) is 7.20. The van der Waals surface area contributed by atoms with Gasteiger partial charge in [0, 0.05) is 6.04 Å². The Bertz CT molecular complexity index is 710. The standard InChI is InChI=1S/C21H25ClFNO3/c1-12(21-8-13-5-14(9-21)7-15(6-13)10-21)24-18(25)11-27-20(26)19-16(22)3-2-4-17(19)23/h2-4,12-15H,5-11H2,1H3,(H,24,25)/t12-,13?,14?,15?,21?/m1/s1. The molecule has 0 saturated heterocycles. The van der Waals surface area contributed by atoms with Gasteiger partial charge < -0.3 is 10.1 Å². The molecule has 0 aliphatic heterocycles. The molecule has 4 bridgehead atoms. The van der Waals surface area contributed by atoms with E-state index in [0.29, 0.717) is 0 Å². The molecule has 4 aliphatic rings. The average Bonchev–Trinajstić information content (AvgIpc) is 2.58. The second kappa shape index (κ2) is 7.08. The van der Waals surface area contributed by atoms with E-state index in [1.165, 1.54) is 50.7 Å². The van der Waals surface area contributed by atoms with Gasteiger partial charge in [0.15, 0.2) is 6.61 Å². The fourth-order valence-corrected chi connectivity index (χ4v) is 6.28. The molecule has 1 amide bonds. The summed E-state index contributed by atoms with van der Waals surface area (Å²) in [5.74, 6) is 0.384. The Balaban J connectivity index is 1.34. The number of carbonyl (C=O) groups excluding carboxylic acids is 2. The van der Waals surface area contributed by atoms with Gasteiger partial charge in [-0.1, -0.05) is 17.7 Å². The molecule has 27 heavy (non-hydrogen) atoms. The summed E-state index contributed by atoms with van der Waals surface area (Å²) in [6.07, 6.45) is 7.60. The number of ether oxygens (including phenoxy) is 1. The Hall–Kier alpha value is -1.62. The van der Waals surface area contributed by atoms with Gasteiger partial charge in [0.25, 0.3) is 5.91 Å². The van der Waals surface area contributed by atoms with Crippen molar-refractivity contribution in [3.8, 4) is 0 Å². The first-order chi connectivity index (χ1) is 12.9. The van der Waals surface area contributed by atoms with Crippen LogP contribution in [0.5, 0.6) is 0 Å². The zero-order chi connectivity index (χ0) is 19.2. The minimum absolute atomic E-state index is 0.0256. The average molecular weight is 394 g/mol. The fourth-order valence-electron chi connectivity index (χ4n) is 6.04. The Morgan fingerprint density at radius 2 is 1.81 bits per heavy atom. The van der Waals surface area contributed by atoms with Crippen LogP contribution in [0.4, 0.5) is 4.39 Å². The van der Waals surface area contributed by atoms with Gasteiger partial charge in [-0.25, -0.2) is 9.18 Å². The smallest absolute Gasteiger partial charge is 0.343 e. The molecular formula is C21H25ClFNO3. The molecule has 146 valence electrons. The van der Waals surface area contributed by atoms with Crippen LogP contribution in [0.3, 0.4) is 0 Å². The molecule has 4 nitrogen and oxygen atoms in total. The summed E-state index contributed by atoms with van der Waals surface area (Å²) in [4.78, 5) is 24.4. The van der Waals surface area contributed by atoms with Crippen LogP contribution in [0.1, 0.15) is 55.8 Å². The highest BCUT2D eigenvalue weighted by atomic mass is 35.5. The highest BCUT2D eigenvalue weighted by Crippen LogP contribution is 2.61. The van der Waals surface area contributed by atoms with E-state index >= 15 is 0 Å². The number of hydrogen-bond donors (Lipinski definition) is 1. The van der Waals surface area contributed by atoms with Crippen LogP contribution in [0.25, 0.3) is 0 Å². The number of nitrogens with one attached hydrogen (secondary N) is 1. The van der Waals surface area contributed by atoms with Crippen molar-refractivity contribution in [3.63, 3.8) is 0 Å². The molecule has 1 aromatic rings. The van der Waals surface area contributed by atoms with E-state index in [2.05, 4.69) is 12.2 Å². The minimum Gasteiger partial charge on any atom is -0.452 e. The van der Waals surface area contributed by atoms with Gasteiger partial charge >= 0.3 is 5.97 Å². The lowest BCUT2D eigenvalue weighted by atomic mass is 9.48. The number of hydrogen-bond acceptors (Lipinski definition) is 3. The van der Waals surface area contributed by atoms with E-state index in [-0.39, 0.29) is 28.0 Å². The molecule has 4 saturated carbocycles. The lowest BCUT2D eigenvalue weighted by molar-refractivity contribution is -0.128. The molecule has 0 aromatic heterocycles. The summed E-state index contributed by atoms with van der Waals surface area (Å²) < 4.78 is 18.8. The highest BCUT2D eigenvalue weighted by molar-refractivity contribution is 6.33. The first kappa shape index (κ1) is 18.7. The topological polar surface area (TPSA) is 55.4 Å². The molecule has 1 aromatic carbocycles. The van der Waals surface area contributed by atoms with Crippen LogP contribution >= 0.6 is 11.6 Å². The van der Waals surface area contributed by atoms with Gasteiger partial charge in [0.2, 0.25) is 0 Å². The largest absolute Gasteiger partial charge is 0.452 e. The first-order valence-electron chi connectivity index (χ1n) is 9.77. The normalized spacial score (nSPS) is 32.2. The minimum atomic E-state index is -0.921. The molecule has 4 aliphatic carbocycles. The number of benzene rings is 1. The molecule has 6 heteroatoms. The van der Waals surface area contributed by atoms with Crippen LogP contribution in [0, 0.1) is 29.0 Å². The lowest BCUT2D eigenvalue weighted by Gasteiger charge is -2.59. The second-order valence-corrected chi connectivity index (χ2v) is 9.15. The summed E-state index contributed by atoms with van der Waals surface area (Å²) in [6, 6.07) is 4.01. The molecule has 0 unspecified atom stereocenters. The van der Waals surface area contributed by atoms with Crippen molar-refractivity contribution in [1.29, 1.82) is 0 Å². The van der Waals surface area contributed by atoms with Crippen LogP contribution in [0.2, 0.25) is 5.02 Å². The number of esters is 1. The molecule has 0 spiro atoms. The third-order valence-electron chi connectivity index (χ3n) is 6.88. The van der Waals surface area contributed by atoms with Crippen LogP contribution in [-0.4, -0.2) is 24.5 Å². The number of rotatable bonds is 5. The molecule has 0 heterocycles. The van der Waals surface area contributed by atoms with Crippen molar-refractivity contribution < 1.29 is 18.7 Å². The van der Waals surface area contributed by atoms with Gasteiger partial charge in [0.05, 0.1) is 5.02 Å². The van der Waals surface area contributed by atoms with Crippen molar-refractivity contribution >= 4 is 23.5 Å². The predicted molar refractivity (Wildman–Crippen MR) is 99.9 cm³/mol. The summed E-state index contributed by atoms with van der Waals surface area (Å²) in [5, 5.41) is 3.00. The Morgan fingerprint density at radius 3 is 2.37 bits per heavy atom. The van der Waals surface area contributed by atoms with Crippen molar-refractivity contribution in [2.24, 2.45) is 23.2 Å². The van der Waals surface area contributed by atoms with E-state index in [1.807, 2.05) is 0 Å². The third kappa shape index (κ3) is 3.58. The van der Waals surface area contributed by atoms with E-state index in [1.54, 1.807) is 0 Å². The van der Waals surface area contributed by atoms with Crippen LogP contribution in [-0.2, 0) is 9.53 Å². The zero-order valence-electron chi connectivity index (χ0n) is 15.5. The van der Waals surface area contributed by atoms with E-state index in [9.17, 15) is 14.0 Å². The monoisotopic (exact) mass is 393 g/mol. The molecule has 1 atom stereocenters. The molecule has 1 N–H and O–H groups in total. The maximum Gasteiger partial charge on any atom is 0.343 e. The van der Waals surface area contributed by atoms with Crippen molar-refractivity contribution in [2.45, 2.75) is 51.5 Å². The van der Waals surface area contributed by atoms with Crippen molar-refractivity contribution in [1.82, 2.24) is 5.32 Å². The number of carbonyl (C=O) groups is 2. The Labute approximate surface area is 163 Å². The summed E-state index contributed by atoms with van der Waals surface area (Å²) in [6.45, 7) is 1.64. The highest BCUT2D eigenvalue weighted by Gasteiger charge is 2.53. The maximum absolute atomic E-state index is 13.8. The van der Waals surface area contributed by atoms with Gasteiger partial charge in [-0.15, -0.1) is 0 Å². The maximum atomic E-state index is 13.8. The molecule has 5 rings (SSSR count). The first-order valence-corrected chi connectivity index (χ1v) is 10.1. The van der Waals surface area contributed by atoms with Gasteiger partial charge in [-0.05, 0) is 80.8 Å².